The normalized spacial score (nSPS) is 19.6. The molecule has 2 aromatic carbocycles. The van der Waals surface area contributed by atoms with Crippen molar-refractivity contribution in [3.8, 4) is 0 Å². The third-order valence-electron chi connectivity index (χ3n) is 5.03. The Morgan fingerprint density at radius 2 is 1.93 bits per heavy atom. The molecule has 0 aromatic heterocycles. The van der Waals surface area contributed by atoms with Crippen LogP contribution in [0.1, 0.15) is 38.3 Å². The van der Waals surface area contributed by atoms with Crippen LogP contribution in [0.25, 0.3) is 0 Å². The van der Waals surface area contributed by atoms with Gasteiger partial charge in [0.2, 0.25) is 0 Å². The van der Waals surface area contributed by atoms with E-state index in [4.69, 9.17) is 0 Å². The van der Waals surface area contributed by atoms with Gasteiger partial charge in [0.1, 0.15) is 0 Å². The van der Waals surface area contributed by atoms with Gasteiger partial charge in [0.25, 0.3) is 11.6 Å². The molecule has 0 radical (unpaired) electrons. The van der Waals surface area contributed by atoms with E-state index in [-0.39, 0.29) is 6.04 Å². The predicted molar refractivity (Wildman–Crippen MR) is 113 cm³/mol. The highest BCUT2D eigenvalue weighted by atomic mass is 79.9. The van der Waals surface area contributed by atoms with Gasteiger partial charge in [-0.05, 0) is 55.7 Å². The maximum Gasteiger partial charge on any atom is 0.329 e. The molecule has 0 saturated heterocycles. The van der Waals surface area contributed by atoms with Crippen LogP contribution in [-0.2, 0) is 16.9 Å². The lowest BCUT2D eigenvalue weighted by molar-refractivity contribution is -0.140. The number of hydrogen-bond donors (Lipinski definition) is 3. The molecule has 3 amide bonds. The molecule has 1 heterocycles. The van der Waals surface area contributed by atoms with Crippen molar-refractivity contribution in [1.82, 2.24) is 5.32 Å². The van der Waals surface area contributed by atoms with Crippen LogP contribution in [0.15, 0.2) is 46.9 Å². The summed E-state index contributed by atoms with van der Waals surface area (Å²) in [4.78, 5) is 27.3. The Bertz CT molecular complexity index is 900. The fourth-order valence-electron chi connectivity index (χ4n) is 3.19. The summed E-state index contributed by atoms with van der Waals surface area (Å²) in [5, 5.41) is 17.3. The summed E-state index contributed by atoms with van der Waals surface area (Å²) >= 11 is 3.39. The Balaban J connectivity index is 2.17. The molecule has 1 aliphatic heterocycles. The quantitative estimate of drug-likeness (QED) is 0.646. The monoisotopic (exact) mass is 445 g/mol. The molecule has 0 unspecified atom stereocenters. The molecule has 0 bridgehead atoms. The van der Waals surface area contributed by atoms with Gasteiger partial charge >= 0.3 is 6.03 Å². The Hall–Kier alpha value is -2.38. The molecule has 0 saturated carbocycles. The third-order valence-corrected chi connectivity index (χ3v) is 5.53. The summed E-state index contributed by atoms with van der Waals surface area (Å²) < 4.78 is 0.693. The van der Waals surface area contributed by atoms with E-state index in [2.05, 4.69) is 26.6 Å². The van der Waals surface area contributed by atoms with Gasteiger partial charge in [-0.1, -0.05) is 41.9 Å². The molecule has 0 fully saturated rings. The van der Waals surface area contributed by atoms with Crippen molar-refractivity contribution >= 4 is 39.2 Å². The number of urea groups is 1. The van der Waals surface area contributed by atoms with Crippen molar-refractivity contribution in [2.24, 2.45) is 0 Å². The van der Waals surface area contributed by atoms with Crippen LogP contribution in [0.3, 0.4) is 0 Å². The summed E-state index contributed by atoms with van der Waals surface area (Å²) in [5.74, 6) is -0.643. The summed E-state index contributed by atoms with van der Waals surface area (Å²) in [6.45, 7) is 5.83. The lowest BCUT2D eigenvalue weighted by Gasteiger charge is -2.43. The van der Waals surface area contributed by atoms with Gasteiger partial charge in [0, 0.05) is 21.8 Å². The molecular weight excluding hydrogens is 422 g/mol. The molecule has 3 rings (SSSR count). The van der Waals surface area contributed by atoms with E-state index in [0.29, 0.717) is 27.8 Å². The second-order valence-corrected chi connectivity index (χ2v) is 7.85. The molecule has 7 heteroatoms. The summed E-state index contributed by atoms with van der Waals surface area (Å²) in [6.07, 6.45) is 1.55. The van der Waals surface area contributed by atoms with Crippen LogP contribution in [0.4, 0.5) is 16.2 Å². The van der Waals surface area contributed by atoms with Crippen molar-refractivity contribution in [2.75, 3.05) is 10.2 Å². The Morgan fingerprint density at radius 1 is 1.25 bits per heavy atom. The fourth-order valence-corrected chi connectivity index (χ4v) is 3.55. The first-order valence-corrected chi connectivity index (χ1v) is 10.1. The summed E-state index contributed by atoms with van der Waals surface area (Å²) in [5.41, 5.74) is 0.0517. The number of amides is 3. The first-order valence-electron chi connectivity index (χ1n) is 9.34. The summed E-state index contributed by atoms with van der Waals surface area (Å²) in [6, 6.07) is 11.6. The zero-order valence-corrected chi connectivity index (χ0v) is 17.7. The first kappa shape index (κ1) is 20.4. The number of hydrogen-bond acceptors (Lipinski definition) is 3. The molecule has 6 nitrogen and oxygen atoms in total. The van der Waals surface area contributed by atoms with Gasteiger partial charge in [0.15, 0.2) is 0 Å². The number of carbonyl (C=O) groups excluding carboxylic acids is 2. The number of nitrogens with zero attached hydrogens (tertiary/aromatic N) is 1. The highest BCUT2D eigenvalue weighted by Gasteiger charge is 2.52. The van der Waals surface area contributed by atoms with E-state index >= 15 is 0 Å². The van der Waals surface area contributed by atoms with Crippen LogP contribution in [0.5, 0.6) is 0 Å². The highest BCUT2D eigenvalue weighted by Crippen LogP contribution is 2.41. The van der Waals surface area contributed by atoms with E-state index in [1.54, 1.807) is 30.3 Å². The average molecular weight is 446 g/mol. The van der Waals surface area contributed by atoms with Crippen LogP contribution < -0.4 is 15.5 Å². The molecule has 28 heavy (non-hydrogen) atoms. The standard InChI is InChI=1S/C21H24BrN3O3/c1-4-13(3)23-19(26)21(28)17-12-15(22)8-11-18(17)24-20(27)25(21)16-9-6-14(5-2)7-10-16/h6-13,28H,4-5H2,1-3H3,(H,23,26)(H,24,27)/t13-,21+/m0/s1. The zero-order valence-electron chi connectivity index (χ0n) is 16.1. The second kappa shape index (κ2) is 7.93. The minimum Gasteiger partial charge on any atom is -0.359 e. The molecule has 148 valence electrons. The topological polar surface area (TPSA) is 81.7 Å². The van der Waals surface area contributed by atoms with Crippen LogP contribution in [0.2, 0.25) is 0 Å². The molecule has 0 spiro atoms. The molecule has 2 atom stereocenters. The lowest BCUT2D eigenvalue weighted by Crippen LogP contribution is -2.63. The number of halogens is 1. The Labute approximate surface area is 173 Å². The maximum atomic E-state index is 13.2. The van der Waals surface area contributed by atoms with Gasteiger partial charge in [-0.15, -0.1) is 0 Å². The number of rotatable bonds is 5. The number of fused-ring (bicyclic) bond motifs is 1. The number of aryl methyl sites for hydroxylation is 1. The lowest BCUT2D eigenvalue weighted by atomic mass is 9.94. The number of aliphatic hydroxyl groups is 1. The number of carbonyl (C=O) groups is 2. The van der Waals surface area contributed by atoms with E-state index in [9.17, 15) is 14.7 Å². The fraction of sp³-hybridized carbons (Fsp3) is 0.333. The minimum atomic E-state index is -2.18. The Kier molecular flexibility index (Phi) is 5.76. The largest absolute Gasteiger partial charge is 0.359 e. The van der Waals surface area contributed by atoms with Crippen molar-refractivity contribution in [3.05, 3.63) is 58.1 Å². The van der Waals surface area contributed by atoms with Crippen LogP contribution >= 0.6 is 15.9 Å². The van der Waals surface area contributed by atoms with E-state index in [1.165, 1.54) is 0 Å². The van der Waals surface area contributed by atoms with Crippen LogP contribution in [0, 0.1) is 0 Å². The van der Waals surface area contributed by atoms with Crippen LogP contribution in [-0.4, -0.2) is 23.1 Å². The van der Waals surface area contributed by atoms with E-state index in [1.807, 2.05) is 32.9 Å². The maximum absolute atomic E-state index is 13.2. The van der Waals surface area contributed by atoms with E-state index < -0.39 is 17.7 Å². The predicted octanol–water partition coefficient (Wildman–Crippen LogP) is 4.12. The molecule has 2 aromatic rings. The van der Waals surface area contributed by atoms with Gasteiger partial charge in [-0.25, -0.2) is 4.79 Å². The van der Waals surface area contributed by atoms with Crippen molar-refractivity contribution in [2.45, 2.75) is 45.4 Å². The third kappa shape index (κ3) is 3.52. The van der Waals surface area contributed by atoms with Crippen molar-refractivity contribution in [3.63, 3.8) is 0 Å². The second-order valence-electron chi connectivity index (χ2n) is 6.93. The van der Waals surface area contributed by atoms with Gasteiger partial charge in [-0.3, -0.25) is 9.69 Å². The molecule has 1 aliphatic rings. The van der Waals surface area contributed by atoms with E-state index in [0.717, 1.165) is 16.9 Å². The van der Waals surface area contributed by atoms with Gasteiger partial charge in [0.05, 0.1) is 5.69 Å². The first-order chi connectivity index (χ1) is 13.3. The number of nitrogens with one attached hydrogen (secondary N) is 2. The smallest absolute Gasteiger partial charge is 0.329 e. The molecule has 0 aliphatic carbocycles. The minimum absolute atomic E-state index is 0.151. The van der Waals surface area contributed by atoms with Crippen molar-refractivity contribution < 1.29 is 14.7 Å². The van der Waals surface area contributed by atoms with Gasteiger partial charge < -0.3 is 15.7 Å². The summed E-state index contributed by atoms with van der Waals surface area (Å²) in [7, 11) is 0. The zero-order chi connectivity index (χ0) is 20.5. The SMILES string of the molecule is CCc1ccc(N2C(=O)Nc3ccc(Br)cc3[C@@]2(O)C(=O)N[C@@H](C)CC)cc1. The van der Waals surface area contributed by atoms with Crippen molar-refractivity contribution in [1.29, 1.82) is 0 Å². The molecule has 3 N–H and O–H groups in total. The van der Waals surface area contributed by atoms with Gasteiger partial charge in [-0.2, -0.15) is 0 Å². The average Bonchev–Trinajstić information content (AvgIpc) is 2.69. The number of anilines is 2. The Morgan fingerprint density at radius 3 is 2.54 bits per heavy atom. The number of benzene rings is 2. The highest BCUT2D eigenvalue weighted by molar-refractivity contribution is 9.10. The molecular formula is C21H24BrN3O3.